The van der Waals surface area contributed by atoms with Gasteiger partial charge in [0.2, 0.25) is 0 Å². The SMILES string of the molecule is CNCC[C@]12c3cccc(O)c3O[C@H]1[C@@H](O)C=C[C@H]2C(C)C. The number of hydrogen-bond acceptors (Lipinski definition) is 4. The number of allylic oxidation sites excluding steroid dienone is 1. The van der Waals surface area contributed by atoms with E-state index in [0.29, 0.717) is 11.7 Å². The van der Waals surface area contributed by atoms with E-state index in [4.69, 9.17) is 4.74 Å². The normalized spacial score (nSPS) is 32.7. The molecule has 0 aromatic heterocycles. The molecule has 4 atom stereocenters. The molecule has 22 heavy (non-hydrogen) atoms. The van der Waals surface area contributed by atoms with Gasteiger partial charge in [0.05, 0.1) is 0 Å². The summed E-state index contributed by atoms with van der Waals surface area (Å²) < 4.78 is 6.06. The Hall–Kier alpha value is -1.52. The predicted octanol–water partition coefficient (Wildman–Crippen LogP) is 2.20. The molecule has 3 rings (SSSR count). The van der Waals surface area contributed by atoms with Gasteiger partial charge in [-0.05, 0) is 37.9 Å². The zero-order valence-electron chi connectivity index (χ0n) is 13.4. The number of aromatic hydroxyl groups is 1. The molecule has 4 heteroatoms. The number of para-hydroxylation sites is 1. The summed E-state index contributed by atoms with van der Waals surface area (Å²) >= 11 is 0. The first-order chi connectivity index (χ1) is 10.5. The molecule has 0 spiro atoms. The summed E-state index contributed by atoms with van der Waals surface area (Å²) in [6.07, 6.45) is 3.83. The molecule has 1 aromatic carbocycles. The van der Waals surface area contributed by atoms with E-state index in [1.807, 2.05) is 25.3 Å². The molecule has 0 saturated carbocycles. The standard InChI is InChI=1S/C18H25NO3/c1-11(2)12-7-8-15(21)17-18(12,9-10-19-3)13-5-4-6-14(20)16(13)22-17/h4-8,11-12,15,17,19-21H,9-10H2,1-3H3/t12-,15-,17-,18-/m0/s1. The number of rotatable bonds is 4. The lowest BCUT2D eigenvalue weighted by Crippen LogP contribution is -2.54. The minimum Gasteiger partial charge on any atom is -0.504 e. The van der Waals surface area contributed by atoms with Crippen LogP contribution >= 0.6 is 0 Å². The lowest BCUT2D eigenvalue weighted by molar-refractivity contribution is -0.00524. The summed E-state index contributed by atoms with van der Waals surface area (Å²) in [5, 5.41) is 23.9. The van der Waals surface area contributed by atoms with Gasteiger partial charge in [-0.3, -0.25) is 0 Å². The number of aliphatic hydroxyl groups excluding tert-OH is 1. The molecule has 0 saturated heterocycles. The summed E-state index contributed by atoms with van der Waals surface area (Å²) in [6, 6.07) is 5.54. The van der Waals surface area contributed by atoms with Crippen LogP contribution in [0, 0.1) is 11.8 Å². The fraction of sp³-hybridized carbons (Fsp3) is 0.556. The van der Waals surface area contributed by atoms with Crippen molar-refractivity contribution in [2.24, 2.45) is 11.8 Å². The Morgan fingerprint density at radius 1 is 1.32 bits per heavy atom. The molecule has 1 aliphatic heterocycles. The Labute approximate surface area is 131 Å². The number of phenols is 1. The average molecular weight is 303 g/mol. The minimum atomic E-state index is -0.654. The maximum Gasteiger partial charge on any atom is 0.165 e. The largest absolute Gasteiger partial charge is 0.504 e. The average Bonchev–Trinajstić information content (AvgIpc) is 2.83. The van der Waals surface area contributed by atoms with E-state index >= 15 is 0 Å². The van der Waals surface area contributed by atoms with Gasteiger partial charge in [0.25, 0.3) is 0 Å². The van der Waals surface area contributed by atoms with Crippen molar-refractivity contribution in [1.82, 2.24) is 5.32 Å². The van der Waals surface area contributed by atoms with Crippen LogP contribution < -0.4 is 10.1 Å². The van der Waals surface area contributed by atoms with Crippen LogP contribution in [-0.2, 0) is 5.41 Å². The van der Waals surface area contributed by atoms with Gasteiger partial charge in [0, 0.05) is 11.0 Å². The highest BCUT2D eigenvalue weighted by Crippen LogP contribution is 2.57. The second kappa shape index (κ2) is 5.60. The number of aliphatic hydroxyl groups is 1. The number of nitrogens with one attached hydrogen (secondary N) is 1. The molecule has 0 radical (unpaired) electrons. The molecule has 3 N–H and O–H groups in total. The zero-order chi connectivity index (χ0) is 15.9. The second-order valence-corrected chi connectivity index (χ2v) is 6.73. The van der Waals surface area contributed by atoms with Crippen molar-refractivity contribution in [3.05, 3.63) is 35.9 Å². The molecular weight excluding hydrogens is 278 g/mol. The number of ether oxygens (including phenoxy) is 1. The maximum absolute atomic E-state index is 10.5. The van der Waals surface area contributed by atoms with Gasteiger partial charge >= 0.3 is 0 Å². The third-order valence-electron chi connectivity index (χ3n) is 5.18. The van der Waals surface area contributed by atoms with E-state index in [1.165, 1.54) is 0 Å². The molecule has 2 aliphatic rings. The van der Waals surface area contributed by atoms with E-state index < -0.39 is 6.10 Å². The first kappa shape index (κ1) is 15.4. The second-order valence-electron chi connectivity index (χ2n) is 6.73. The highest BCUT2D eigenvalue weighted by molar-refractivity contribution is 5.55. The van der Waals surface area contributed by atoms with E-state index in [1.54, 1.807) is 6.07 Å². The summed E-state index contributed by atoms with van der Waals surface area (Å²) in [7, 11) is 1.93. The molecule has 4 nitrogen and oxygen atoms in total. The van der Waals surface area contributed by atoms with Crippen molar-refractivity contribution in [2.75, 3.05) is 13.6 Å². The van der Waals surface area contributed by atoms with Gasteiger partial charge in [-0.25, -0.2) is 0 Å². The monoisotopic (exact) mass is 303 g/mol. The van der Waals surface area contributed by atoms with Gasteiger partial charge in [-0.1, -0.05) is 38.1 Å². The Bertz CT molecular complexity index is 584. The molecule has 1 aliphatic carbocycles. The fourth-order valence-corrected chi connectivity index (χ4v) is 4.24. The van der Waals surface area contributed by atoms with Crippen LogP contribution in [0.2, 0.25) is 0 Å². The zero-order valence-corrected chi connectivity index (χ0v) is 13.4. The van der Waals surface area contributed by atoms with Crippen LogP contribution in [0.3, 0.4) is 0 Å². The smallest absolute Gasteiger partial charge is 0.165 e. The lowest BCUT2D eigenvalue weighted by Gasteiger charge is -2.46. The summed E-state index contributed by atoms with van der Waals surface area (Å²) in [5.74, 6) is 1.37. The lowest BCUT2D eigenvalue weighted by atomic mass is 9.59. The third kappa shape index (κ3) is 2.05. The molecule has 0 unspecified atom stereocenters. The number of hydrogen-bond donors (Lipinski definition) is 3. The van der Waals surface area contributed by atoms with Crippen LogP contribution in [0.15, 0.2) is 30.4 Å². The van der Waals surface area contributed by atoms with Gasteiger partial charge in [0.15, 0.2) is 11.5 Å². The van der Waals surface area contributed by atoms with Crippen molar-refractivity contribution < 1.29 is 14.9 Å². The molecule has 0 bridgehead atoms. The Morgan fingerprint density at radius 3 is 2.77 bits per heavy atom. The minimum absolute atomic E-state index is 0.158. The molecule has 1 aromatic rings. The predicted molar refractivity (Wildman–Crippen MR) is 86.2 cm³/mol. The van der Waals surface area contributed by atoms with Crippen LogP contribution in [-0.4, -0.2) is 36.0 Å². The molecule has 120 valence electrons. The Kier molecular flexibility index (Phi) is 3.91. The quantitative estimate of drug-likeness (QED) is 0.746. The maximum atomic E-state index is 10.5. The van der Waals surface area contributed by atoms with Gasteiger partial charge in [-0.15, -0.1) is 0 Å². The van der Waals surface area contributed by atoms with Crippen molar-refractivity contribution >= 4 is 0 Å². The topological polar surface area (TPSA) is 61.7 Å². The van der Waals surface area contributed by atoms with E-state index in [9.17, 15) is 10.2 Å². The van der Waals surface area contributed by atoms with Crippen molar-refractivity contribution in [3.63, 3.8) is 0 Å². The van der Waals surface area contributed by atoms with Gasteiger partial charge in [-0.2, -0.15) is 0 Å². The first-order valence-electron chi connectivity index (χ1n) is 8.02. The summed E-state index contributed by atoms with van der Waals surface area (Å²) in [5.41, 5.74) is 0.717. The molecule has 0 fully saturated rings. The van der Waals surface area contributed by atoms with Gasteiger partial charge < -0.3 is 20.3 Å². The molecule has 1 heterocycles. The molecule has 0 amide bonds. The number of benzene rings is 1. The van der Waals surface area contributed by atoms with Gasteiger partial charge in [0.1, 0.15) is 12.2 Å². The van der Waals surface area contributed by atoms with E-state index in [0.717, 1.165) is 18.5 Å². The third-order valence-corrected chi connectivity index (χ3v) is 5.18. The van der Waals surface area contributed by atoms with Crippen LogP contribution in [0.25, 0.3) is 0 Å². The Morgan fingerprint density at radius 2 is 2.09 bits per heavy atom. The van der Waals surface area contributed by atoms with Crippen molar-refractivity contribution in [3.8, 4) is 11.5 Å². The highest BCUT2D eigenvalue weighted by atomic mass is 16.5. The molecular formula is C18H25NO3. The van der Waals surface area contributed by atoms with Crippen LogP contribution in [0.1, 0.15) is 25.8 Å². The van der Waals surface area contributed by atoms with Crippen LogP contribution in [0.5, 0.6) is 11.5 Å². The first-order valence-corrected chi connectivity index (χ1v) is 8.02. The van der Waals surface area contributed by atoms with E-state index in [-0.39, 0.29) is 23.2 Å². The summed E-state index contributed by atoms with van der Waals surface area (Å²) in [4.78, 5) is 0. The van der Waals surface area contributed by atoms with Crippen LogP contribution in [0.4, 0.5) is 0 Å². The van der Waals surface area contributed by atoms with Crippen molar-refractivity contribution in [2.45, 2.75) is 37.9 Å². The summed E-state index contributed by atoms with van der Waals surface area (Å²) in [6.45, 7) is 5.23. The fourth-order valence-electron chi connectivity index (χ4n) is 4.24. The van der Waals surface area contributed by atoms with E-state index in [2.05, 4.69) is 25.2 Å². The highest BCUT2D eigenvalue weighted by Gasteiger charge is 2.57. The number of fused-ring (bicyclic) bond motifs is 3. The van der Waals surface area contributed by atoms with Crippen molar-refractivity contribution in [1.29, 1.82) is 0 Å². The number of phenolic OH excluding ortho intramolecular Hbond substituents is 1. The Balaban J connectivity index is 2.19.